The Bertz CT molecular complexity index is 1390. The number of nitrogens with one attached hydrogen (secondary N) is 2. The Labute approximate surface area is 227 Å². The van der Waals surface area contributed by atoms with E-state index in [0.717, 1.165) is 5.70 Å². The molecule has 2 aliphatic rings. The summed E-state index contributed by atoms with van der Waals surface area (Å²) in [5, 5.41) is 16.8. The third-order valence-electron chi connectivity index (χ3n) is 6.60. The number of dihydropyridines is 1. The summed E-state index contributed by atoms with van der Waals surface area (Å²) in [6.07, 6.45) is 2.41. The van der Waals surface area contributed by atoms with Gasteiger partial charge in [-0.3, -0.25) is 9.59 Å². The molecule has 1 atom stereocenters. The van der Waals surface area contributed by atoms with Gasteiger partial charge in [-0.1, -0.05) is 44.2 Å². The quantitative estimate of drug-likeness (QED) is 0.266. The summed E-state index contributed by atoms with van der Waals surface area (Å²) in [4.78, 5) is 39.1. The van der Waals surface area contributed by atoms with Crippen molar-refractivity contribution < 1.29 is 29.0 Å². The van der Waals surface area contributed by atoms with Crippen LogP contribution in [0.4, 0.5) is 0 Å². The summed E-state index contributed by atoms with van der Waals surface area (Å²) < 4.78 is 11.3. The van der Waals surface area contributed by atoms with Crippen LogP contribution in [0, 0.1) is 5.41 Å². The molecule has 1 aliphatic carbocycles. The molecule has 0 spiro atoms. The number of carbonyl (C=O) groups excluding carboxylic acids is 3. The number of hydrogen-bond donors (Lipinski definition) is 3. The van der Waals surface area contributed by atoms with Crippen molar-refractivity contribution in [1.82, 2.24) is 10.7 Å². The van der Waals surface area contributed by atoms with Gasteiger partial charge in [-0.05, 0) is 49.4 Å². The van der Waals surface area contributed by atoms with Crippen LogP contribution >= 0.6 is 0 Å². The molecule has 39 heavy (non-hydrogen) atoms. The second-order valence-corrected chi connectivity index (χ2v) is 10.4. The summed E-state index contributed by atoms with van der Waals surface area (Å²) >= 11 is 0. The number of esters is 1. The fraction of sp³-hybridized carbons (Fsp3) is 0.333. The Balaban J connectivity index is 1.61. The predicted molar refractivity (Wildman–Crippen MR) is 146 cm³/mol. The molecular weight excluding hydrogens is 498 g/mol. The Kier molecular flexibility index (Phi) is 8.18. The van der Waals surface area contributed by atoms with Gasteiger partial charge in [0.25, 0.3) is 5.91 Å². The molecular formula is C30H33N3O6. The van der Waals surface area contributed by atoms with Crippen LogP contribution in [0.5, 0.6) is 11.5 Å². The SMILES string of the molecule is CCOC(=O)C1=C(C)NC2=C(C(=O)CC(C)(C)C2)C1c1ccccc1OCC(=O)NN=Cc1cccc(O)c1. The molecule has 204 valence electrons. The van der Waals surface area contributed by atoms with Gasteiger partial charge in [0.15, 0.2) is 12.4 Å². The van der Waals surface area contributed by atoms with Gasteiger partial charge in [0.1, 0.15) is 11.5 Å². The van der Waals surface area contributed by atoms with Gasteiger partial charge in [0, 0.05) is 29.0 Å². The highest BCUT2D eigenvalue weighted by Crippen LogP contribution is 2.48. The molecule has 3 N–H and O–H groups in total. The molecule has 1 amide bonds. The van der Waals surface area contributed by atoms with Crippen LogP contribution in [0.1, 0.15) is 57.6 Å². The van der Waals surface area contributed by atoms with E-state index in [1.807, 2.05) is 13.8 Å². The number of ketones is 1. The first-order valence-corrected chi connectivity index (χ1v) is 12.8. The Morgan fingerprint density at radius 3 is 2.69 bits per heavy atom. The molecule has 1 unspecified atom stereocenters. The largest absolute Gasteiger partial charge is 0.508 e. The van der Waals surface area contributed by atoms with Crippen LogP contribution in [0.25, 0.3) is 0 Å². The lowest BCUT2D eigenvalue weighted by Gasteiger charge is -2.39. The van der Waals surface area contributed by atoms with Gasteiger partial charge >= 0.3 is 5.97 Å². The van der Waals surface area contributed by atoms with Crippen molar-refractivity contribution in [3.8, 4) is 11.5 Å². The van der Waals surface area contributed by atoms with E-state index < -0.39 is 17.8 Å². The van der Waals surface area contributed by atoms with Gasteiger partial charge in [-0.25, -0.2) is 10.2 Å². The van der Waals surface area contributed by atoms with E-state index >= 15 is 0 Å². The van der Waals surface area contributed by atoms with E-state index in [2.05, 4.69) is 15.8 Å². The average Bonchev–Trinajstić information content (AvgIpc) is 2.86. The third kappa shape index (κ3) is 6.37. The topological polar surface area (TPSA) is 126 Å². The van der Waals surface area contributed by atoms with Gasteiger partial charge in [0.2, 0.25) is 0 Å². The number of benzene rings is 2. The zero-order valence-corrected chi connectivity index (χ0v) is 22.5. The number of nitrogens with zero attached hydrogens (tertiary/aromatic N) is 1. The first-order valence-electron chi connectivity index (χ1n) is 12.8. The van der Waals surface area contributed by atoms with Gasteiger partial charge in [-0.15, -0.1) is 0 Å². The van der Waals surface area contributed by atoms with Crippen molar-refractivity contribution in [2.24, 2.45) is 10.5 Å². The highest BCUT2D eigenvalue weighted by Gasteiger charge is 2.44. The van der Waals surface area contributed by atoms with Crippen molar-refractivity contribution in [2.45, 2.75) is 46.5 Å². The molecule has 1 aliphatic heterocycles. The standard InChI is InChI=1S/C30H33N3O6/c1-5-38-29(37)26-18(2)32-22-14-30(3,4)15-23(35)28(22)27(26)21-11-6-7-12-24(21)39-17-25(36)33-31-16-19-9-8-10-20(34)13-19/h6-13,16,27,32,34H,5,14-15,17H2,1-4H3,(H,33,36). The van der Waals surface area contributed by atoms with Gasteiger partial charge in [-0.2, -0.15) is 5.10 Å². The third-order valence-corrected chi connectivity index (χ3v) is 6.60. The second-order valence-electron chi connectivity index (χ2n) is 10.4. The van der Waals surface area contributed by atoms with Crippen LogP contribution in [0.2, 0.25) is 0 Å². The second kappa shape index (κ2) is 11.6. The zero-order valence-electron chi connectivity index (χ0n) is 22.5. The smallest absolute Gasteiger partial charge is 0.336 e. The summed E-state index contributed by atoms with van der Waals surface area (Å²) in [7, 11) is 0. The Morgan fingerprint density at radius 1 is 1.18 bits per heavy atom. The molecule has 0 radical (unpaired) electrons. The van der Waals surface area contributed by atoms with E-state index in [1.54, 1.807) is 50.2 Å². The van der Waals surface area contributed by atoms with Crippen LogP contribution in [-0.4, -0.2) is 42.2 Å². The van der Waals surface area contributed by atoms with Crippen molar-refractivity contribution in [3.63, 3.8) is 0 Å². The number of phenolic OH excluding ortho intramolecular Hbond substituents is 1. The Hall–Kier alpha value is -4.40. The van der Waals surface area contributed by atoms with E-state index in [0.29, 0.717) is 46.6 Å². The fourth-order valence-electron chi connectivity index (χ4n) is 5.04. The van der Waals surface area contributed by atoms with Gasteiger partial charge in [0.05, 0.1) is 24.3 Å². The lowest BCUT2D eigenvalue weighted by molar-refractivity contribution is -0.139. The predicted octanol–water partition coefficient (Wildman–Crippen LogP) is 4.09. The van der Waals surface area contributed by atoms with E-state index in [-0.39, 0.29) is 30.2 Å². The zero-order chi connectivity index (χ0) is 28.2. The number of para-hydroxylation sites is 1. The monoisotopic (exact) mass is 531 g/mol. The maximum atomic E-state index is 13.5. The summed E-state index contributed by atoms with van der Waals surface area (Å²) in [5.74, 6) is -1.29. The first kappa shape index (κ1) is 27.6. The molecule has 0 saturated heterocycles. The molecule has 2 aromatic carbocycles. The number of carbonyl (C=O) groups is 3. The minimum Gasteiger partial charge on any atom is -0.508 e. The van der Waals surface area contributed by atoms with Gasteiger partial charge < -0.3 is 19.9 Å². The van der Waals surface area contributed by atoms with E-state index in [9.17, 15) is 19.5 Å². The number of rotatable bonds is 8. The highest BCUT2D eigenvalue weighted by molar-refractivity contribution is 6.04. The lowest BCUT2D eigenvalue weighted by Crippen LogP contribution is -2.38. The normalized spacial score (nSPS) is 18.5. The minimum atomic E-state index is -0.702. The number of amides is 1. The number of aromatic hydroxyl groups is 1. The summed E-state index contributed by atoms with van der Waals surface area (Å²) in [5.41, 5.74) is 5.68. The number of Topliss-reactive ketones (excluding diaryl/α,β-unsaturated/α-hetero) is 1. The molecule has 0 bridgehead atoms. The van der Waals surface area contributed by atoms with Crippen LogP contribution < -0.4 is 15.5 Å². The van der Waals surface area contributed by atoms with Crippen molar-refractivity contribution >= 4 is 23.9 Å². The maximum absolute atomic E-state index is 13.5. The van der Waals surface area contributed by atoms with Crippen LogP contribution in [0.3, 0.4) is 0 Å². The molecule has 4 rings (SSSR count). The number of hydrogen-bond acceptors (Lipinski definition) is 8. The van der Waals surface area contributed by atoms with Crippen molar-refractivity contribution in [1.29, 1.82) is 0 Å². The van der Waals surface area contributed by atoms with Crippen LogP contribution in [0.15, 0.2) is 76.2 Å². The van der Waals surface area contributed by atoms with E-state index in [1.165, 1.54) is 18.3 Å². The molecule has 9 heteroatoms. The number of allylic oxidation sites excluding steroid dienone is 3. The summed E-state index contributed by atoms with van der Waals surface area (Å²) in [6, 6.07) is 13.5. The molecule has 2 aromatic rings. The maximum Gasteiger partial charge on any atom is 0.336 e. The lowest BCUT2D eigenvalue weighted by atomic mass is 9.68. The average molecular weight is 532 g/mol. The van der Waals surface area contributed by atoms with Crippen LogP contribution in [-0.2, 0) is 19.1 Å². The van der Waals surface area contributed by atoms with E-state index in [4.69, 9.17) is 9.47 Å². The first-order chi connectivity index (χ1) is 18.6. The molecule has 9 nitrogen and oxygen atoms in total. The number of ether oxygens (including phenoxy) is 2. The summed E-state index contributed by atoms with van der Waals surface area (Å²) in [6.45, 7) is 7.47. The molecule has 1 heterocycles. The van der Waals surface area contributed by atoms with Crippen molar-refractivity contribution in [3.05, 3.63) is 82.2 Å². The Morgan fingerprint density at radius 2 is 1.95 bits per heavy atom. The van der Waals surface area contributed by atoms with Crippen molar-refractivity contribution in [2.75, 3.05) is 13.2 Å². The highest BCUT2D eigenvalue weighted by atomic mass is 16.5. The minimum absolute atomic E-state index is 0.0399. The molecule has 0 aromatic heterocycles. The molecule has 0 saturated carbocycles. The molecule has 0 fully saturated rings. The number of phenols is 1. The fourth-order valence-corrected chi connectivity index (χ4v) is 5.04. The number of hydrazone groups is 1.